The smallest absolute Gasteiger partial charge is 0.319 e. The Labute approximate surface area is 61.4 Å². The zero-order valence-electron chi connectivity index (χ0n) is 6.25. The lowest BCUT2D eigenvalue weighted by Gasteiger charge is -2.01. The van der Waals surface area contributed by atoms with E-state index in [4.69, 9.17) is 4.52 Å². The summed E-state index contributed by atoms with van der Waals surface area (Å²) in [6.45, 7) is 2.96. The van der Waals surface area contributed by atoms with Crippen LogP contribution in [0.25, 0.3) is 0 Å². The Morgan fingerprint density at radius 3 is 2.50 bits per heavy atom. The number of ether oxygens (including phenoxy) is 1. The number of hydrogen-bond donors (Lipinski definition) is 0. The Morgan fingerprint density at radius 1 is 1.30 bits per heavy atom. The van der Waals surface area contributed by atoms with Gasteiger partial charge in [-0.15, -0.1) is 0 Å². The molecular formula is C5H13O4P. The van der Waals surface area contributed by atoms with E-state index in [1.165, 1.54) is 0 Å². The van der Waals surface area contributed by atoms with Crippen molar-refractivity contribution in [3.8, 4) is 0 Å². The topological polar surface area (TPSA) is 44.8 Å². The second kappa shape index (κ2) is 7.22. The van der Waals surface area contributed by atoms with Crippen molar-refractivity contribution in [2.45, 2.75) is 6.92 Å². The SMILES string of the molecule is CCO[PH](=O)OCCOC. The molecule has 0 N–H and O–H groups in total. The average Bonchev–Trinajstić information content (AvgIpc) is 1.89. The van der Waals surface area contributed by atoms with E-state index >= 15 is 0 Å². The van der Waals surface area contributed by atoms with Crippen molar-refractivity contribution < 1.29 is 18.3 Å². The number of methoxy groups -OCH3 is 1. The highest BCUT2D eigenvalue weighted by Gasteiger charge is 1.95. The molecule has 0 bridgehead atoms. The van der Waals surface area contributed by atoms with Crippen molar-refractivity contribution in [2.24, 2.45) is 0 Å². The van der Waals surface area contributed by atoms with E-state index < -0.39 is 8.25 Å². The molecule has 0 saturated carbocycles. The quantitative estimate of drug-likeness (QED) is 0.439. The summed E-state index contributed by atoms with van der Waals surface area (Å²) in [4.78, 5) is 0. The van der Waals surface area contributed by atoms with E-state index in [1.807, 2.05) is 0 Å². The molecule has 0 saturated heterocycles. The second-order valence-corrected chi connectivity index (χ2v) is 2.60. The van der Waals surface area contributed by atoms with Gasteiger partial charge in [0.15, 0.2) is 0 Å². The maximum absolute atomic E-state index is 10.6. The molecule has 5 heteroatoms. The third-order valence-electron chi connectivity index (χ3n) is 0.770. The third kappa shape index (κ3) is 6.23. The summed E-state index contributed by atoms with van der Waals surface area (Å²) in [5.74, 6) is 0. The largest absolute Gasteiger partial charge is 0.382 e. The Morgan fingerprint density at radius 2 is 2.00 bits per heavy atom. The fourth-order valence-corrected chi connectivity index (χ4v) is 0.937. The molecule has 0 aliphatic heterocycles. The molecule has 1 unspecified atom stereocenters. The molecule has 62 valence electrons. The van der Waals surface area contributed by atoms with Gasteiger partial charge in [0.2, 0.25) is 0 Å². The minimum atomic E-state index is -2.24. The predicted molar refractivity (Wildman–Crippen MR) is 38.5 cm³/mol. The monoisotopic (exact) mass is 168 g/mol. The van der Waals surface area contributed by atoms with Crippen molar-refractivity contribution in [2.75, 3.05) is 26.9 Å². The van der Waals surface area contributed by atoms with Crippen LogP contribution >= 0.6 is 8.25 Å². The highest BCUT2D eigenvalue weighted by atomic mass is 31.1. The molecule has 0 spiro atoms. The van der Waals surface area contributed by atoms with Crippen LogP contribution in [0.5, 0.6) is 0 Å². The summed E-state index contributed by atoms with van der Waals surface area (Å²) in [6.07, 6.45) is 0. The van der Waals surface area contributed by atoms with E-state index in [0.717, 1.165) is 0 Å². The van der Waals surface area contributed by atoms with E-state index in [1.54, 1.807) is 14.0 Å². The highest BCUT2D eigenvalue weighted by Crippen LogP contribution is 2.22. The lowest BCUT2D eigenvalue weighted by Crippen LogP contribution is -1.96. The first-order valence-corrected chi connectivity index (χ1v) is 4.32. The summed E-state index contributed by atoms with van der Waals surface area (Å²) in [7, 11) is -0.686. The van der Waals surface area contributed by atoms with Gasteiger partial charge in [-0.3, -0.25) is 4.57 Å². The Bertz CT molecular complexity index is 95.6. The summed E-state index contributed by atoms with van der Waals surface area (Å²) in [5, 5.41) is 0. The van der Waals surface area contributed by atoms with Gasteiger partial charge in [-0.2, -0.15) is 0 Å². The molecule has 0 amide bonds. The van der Waals surface area contributed by atoms with Crippen molar-refractivity contribution in [1.82, 2.24) is 0 Å². The van der Waals surface area contributed by atoms with Crippen molar-refractivity contribution in [1.29, 1.82) is 0 Å². The molecule has 0 aliphatic carbocycles. The van der Waals surface area contributed by atoms with Crippen molar-refractivity contribution in [3.63, 3.8) is 0 Å². The molecule has 0 aromatic rings. The van der Waals surface area contributed by atoms with E-state index in [2.05, 4.69) is 9.26 Å². The Hall–Kier alpha value is 0.110. The van der Waals surface area contributed by atoms with E-state index in [9.17, 15) is 4.57 Å². The lowest BCUT2D eigenvalue weighted by atomic mass is 10.8. The van der Waals surface area contributed by atoms with Gasteiger partial charge in [0.05, 0.1) is 19.8 Å². The van der Waals surface area contributed by atoms with Gasteiger partial charge in [-0.05, 0) is 6.92 Å². The number of rotatable bonds is 6. The van der Waals surface area contributed by atoms with Crippen LogP contribution in [0.15, 0.2) is 0 Å². The van der Waals surface area contributed by atoms with E-state index in [0.29, 0.717) is 19.8 Å². The van der Waals surface area contributed by atoms with Crippen LogP contribution < -0.4 is 0 Å². The normalized spacial score (nSPS) is 13.4. The zero-order valence-corrected chi connectivity index (χ0v) is 7.25. The average molecular weight is 168 g/mol. The highest BCUT2D eigenvalue weighted by molar-refractivity contribution is 7.33. The molecule has 0 aliphatic rings. The molecule has 0 fully saturated rings. The maximum atomic E-state index is 10.6. The van der Waals surface area contributed by atoms with Crippen LogP contribution in [0.2, 0.25) is 0 Å². The summed E-state index contributed by atoms with van der Waals surface area (Å²) in [6, 6.07) is 0. The molecule has 0 aromatic carbocycles. The first-order valence-electron chi connectivity index (χ1n) is 3.09. The molecule has 0 rings (SSSR count). The third-order valence-corrected chi connectivity index (χ3v) is 1.73. The standard InChI is InChI=1S/C5H13O4P/c1-3-8-10(6)9-5-4-7-2/h10H,3-5H2,1-2H3. The van der Waals surface area contributed by atoms with Crippen LogP contribution in [-0.2, 0) is 18.3 Å². The van der Waals surface area contributed by atoms with Gasteiger partial charge < -0.3 is 13.8 Å². The first-order chi connectivity index (χ1) is 4.81. The van der Waals surface area contributed by atoms with Crippen LogP contribution in [0.4, 0.5) is 0 Å². The lowest BCUT2D eigenvalue weighted by molar-refractivity contribution is 0.136. The van der Waals surface area contributed by atoms with Gasteiger partial charge >= 0.3 is 8.25 Å². The fourth-order valence-electron chi connectivity index (χ4n) is 0.368. The minimum absolute atomic E-state index is 0.328. The van der Waals surface area contributed by atoms with Gasteiger partial charge in [0.25, 0.3) is 0 Å². The number of hydrogen-bond acceptors (Lipinski definition) is 4. The molecule has 10 heavy (non-hydrogen) atoms. The van der Waals surface area contributed by atoms with Crippen molar-refractivity contribution >= 4 is 8.25 Å². The molecule has 1 atom stereocenters. The van der Waals surface area contributed by atoms with Gasteiger partial charge in [-0.25, -0.2) is 0 Å². The Balaban J connectivity index is 3.05. The van der Waals surface area contributed by atoms with Crippen LogP contribution in [0.1, 0.15) is 6.92 Å². The van der Waals surface area contributed by atoms with Gasteiger partial charge in [0, 0.05) is 7.11 Å². The van der Waals surface area contributed by atoms with Crippen LogP contribution in [-0.4, -0.2) is 26.9 Å². The van der Waals surface area contributed by atoms with Gasteiger partial charge in [-0.1, -0.05) is 0 Å². The second-order valence-electron chi connectivity index (χ2n) is 1.52. The van der Waals surface area contributed by atoms with Crippen LogP contribution in [0.3, 0.4) is 0 Å². The van der Waals surface area contributed by atoms with Gasteiger partial charge in [0.1, 0.15) is 0 Å². The summed E-state index contributed by atoms with van der Waals surface area (Å²) >= 11 is 0. The fraction of sp³-hybridized carbons (Fsp3) is 1.00. The predicted octanol–water partition coefficient (Wildman–Crippen LogP) is 1.08. The zero-order chi connectivity index (χ0) is 7.82. The Kier molecular flexibility index (Phi) is 7.30. The van der Waals surface area contributed by atoms with Crippen LogP contribution in [0, 0.1) is 0 Å². The minimum Gasteiger partial charge on any atom is -0.382 e. The van der Waals surface area contributed by atoms with Crippen molar-refractivity contribution in [3.05, 3.63) is 0 Å². The van der Waals surface area contributed by atoms with E-state index in [-0.39, 0.29) is 0 Å². The summed E-state index contributed by atoms with van der Waals surface area (Å²) < 4.78 is 24.6. The summed E-state index contributed by atoms with van der Waals surface area (Å²) in [5.41, 5.74) is 0. The first kappa shape index (κ1) is 10.1. The molecular weight excluding hydrogens is 155 g/mol. The molecule has 0 aromatic heterocycles. The molecule has 0 heterocycles. The molecule has 4 nitrogen and oxygen atoms in total. The molecule has 0 radical (unpaired) electrons. The maximum Gasteiger partial charge on any atom is 0.319 e.